The van der Waals surface area contributed by atoms with E-state index in [4.69, 9.17) is 5.11 Å². The molecule has 0 spiro atoms. The van der Waals surface area contributed by atoms with Crippen molar-refractivity contribution < 1.29 is 24.2 Å². The van der Waals surface area contributed by atoms with Crippen LogP contribution < -0.4 is 0 Å². The lowest BCUT2D eigenvalue weighted by atomic mass is 10.1. The number of carbonyl (C=O) groups is 2. The van der Waals surface area contributed by atoms with Crippen LogP contribution in [0, 0.1) is 5.92 Å². The van der Waals surface area contributed by atoms with Crippen LogP contribution in [0.15, 0.2) is 0 Å². The summed E-state index contributed by atoms with van der Waals surface area (Å²) in [5, 5.41) is 8.56. The molecule has 0 heterocycles. The molecule has 0 bridgehead atoms. The molecule has 1 N–H and O–H groups in total. The molecule has 0 unspecified atom stereocenters. The first kappa shape index (κ1) is 10.9. The Morgan fingerprint density at radius 1 is 1.42 bits per heavy atom. The number of hydrogen-bond acceptors (Lipinski definition) is 4. The molecule has 0 aliphatic rings. The Morgan fingerprint density at radius 3 is 2.33 bits per heavy atom. The Morgan fingerprint density at radius 2 is 2.00 bits per heavy atom. The lowest BCUT2D eigenvalue weighted by molar-refractivity contribution is -0.151. The molecule has 0 saturated carbocycles. The van der Waals surface area contributed by atoms with E-state index in [9.17, 15) is 9.59 Å². The van der Waals surface area contributed by atoms with Gasteiger partial charge in [0, 0.05) is 7.11 Å². The molecule has 0 radical (unpaired) electrons. The molecule has 0 aliphatic heterocycles. The minimum Gasteiger partial charge on any atom is -0.481 e. The van der Waals surface area contributed by atoms with E-state index in [2.05, 4.69) is 9.47 Å². The van der Waals surface area contributed by atoms with E-state index in [-0.39, 0.29) is 13.0 Å². The zero-order valence-electron chi connectivity index (χ0n) is 7.07. The van der Waals surface area contributed by atoms with E-state index < -0.39 is 17.9 Å². The molecule has 12 heavy (non-hydrogen) atoms. The van der Waals surface area contributed by atoms with E-state index in [1.54, 1.807) is 0 Å². The highest BCUT2D eigenvalue weighted by Gasteiger charge is 2.21. The monoisotopic (exact) mass is 176 g/mol. The normalized spacial score (nSPS) is 12.2. The SMILES string of the molecule is COC[C@H](CC(=O)OC)C(=O)O. The highest BCUT2D eigenvalue weighted by Crippen LogP contribution is 2.04. The highest BCUT2D eigenvalue weighted by atomic mass is 16.5. The second-order valence-electron chi connectivity index (χ2n) is 2.27. The van der Waals surface area contributed by atoms with Crippen LogP contribution in [-0.2, 0) is 19.1 Å². The van der Waals surface area contributed by atoms with Gasteiger partial charge in [-0.05, 0) is 0 Å². The fourth-order valence-corrected chi connectivity index (χ4v) is 0.703. The van der Waals surface area contributed by atoms with E-state index in [1.165, 1.54) is 14.2 Å². The molecular formula is C7H12O5. The summed E-state index contributed by atoms with van der Waals surface area (Å²) in [4.78, 5) is 21.1. The van der Waals surface area contributed by atoms with Crippen LogP contribution >= 0.6 is 0 Å². The van der Waals surface area contributed by atoms with Gasteiger partial charge in [0.1, 0.15) is 0 Å². The number of carboxylic acid groups (broad SMARTS) is 1. The first-order valence-corrected chi connectivity index (χ1v) is 3.40. The van der Waals surface area contributed by atoms with Crippen LogP contribution in [0.25, 0.3) is 0 Å². The van der Waals surface area contributed by atoms with Crippen LogP contribution in [0.3, 0.4) is 0 Å². The van der Waals surface area contributed by atoms with Crippen LogP contribution in [0.4, 0.5) is 0 Å². The zero-order chi connectivity index (χ0) is 9.56. The molecule has 0 aromatic heterocycles. The van der Waals surface area contributed by atoms with Crippen molar-refractivity contribution in [1.29, 1.82) is 0 Å². The largest absolute Gasteiger partial charge is 0.481 e. The minimum atomic E-state index is -1.05. The average Bonchev–Trinajstić information content (AvgIpc) is 2.03. The zero-order valence-corrected chi connectivity index (χ0v) is 7.07. The molecule has 70 valence electrons. The minimum absolute atomic E-state index is 0.0183. The molecule has 5 heteroatoms. The quantitative estimate of drug-likeness (QED) is 0.592. The number of ether oxygens (including phenoxy) is 2. The van der Waals surface area contributed by atoms with Crippen molar-refractivity contribution in [3.8, 4) is 0 Å². The van der Waals surface area contributed by atoms with Gasteiger partial charge in [-0.25, -0.2) is 0 Å². The lowest BCUT2D eigenvalue weighted by Crippen LogP contribution is -2.22. The van der Waals surface area contributed by atoms with Gasteiger partial charge >= 0.3 is 11.9 Å². The molecule has 0 saturated heterocycles. The number of esters is 1. The summed E-state index contributed by atoms with van der Waals surface area (Å²) < 4.78 is 8.94. The van der Waals surface area contributed by atoms with Crippen molar-refractivity contribution in [2.75, 3.05) is 20.8 Å². The van der Waals surface area contributed by atoms with E-state index in [1.807, 2.05) is 0 Å². The van der Waals surface area contributed by atoms with Crippen LogP contribution in [0.1, 0.15) is 6.42 Å². The van der Waals surface area contributed by atoms with Crippen molar-refractivity contribution >= 4 is 11.9 Å². The van der Waals surface area contributed by atoms with Crippen molar-refractivity contribution in [3.63, 3.8) is 0 Å². The van der Waals surface area contributed by atoms with Gasteiger partial charge in [-0.2, -0.15) is 0 Å². The number of carboxylic acids is 1. The standard InChI is InChI=1S/C7H12O5/c1-11-4-5(7(9)10)3-6(8)12-2/h5H,3-4H2,1-2H3,(H,9,10)/t5-/m0/s1. The van der Waals surface area contributed by atoms with Crippen LogP contribution in [-0.4, -0.2) is 37.9 Å². The van der Waals surface area contributed by atoms with E-state index >= 15 is 0 Å². The van der Waals surface area contributed by atoms with Crippen molar-refractivity contribution in [2.45, 2.75) is 6.42 Å². The van der Waals surface area contributed by atoms with Gasteiger partial charge < -0.3 is 14.6 Å². The molecule has 0 fully saturated rings. The predicted molar refractivity (Wildman–Crippen MR) is 39.6 cm³/mol. The van der Waals surface area contributed by atoms with Crippen molar-refractivity contribution in [2.24, 2.45) is 5.92 Å². The number of aliphatic carboxylic acids is 1. The number of methoxy groups -OCH3 is 2. The summed E-state index contributed by atoms with van der Waals surface area (Å²) in [7, 11) is 2.60. The average molecular weight is 176 g/mol. The highest BCUT2D eigenvalue weighted by molar-refractivity contribution is 5.78. The van der Waals surface area contributed by atoms with Crippen molar-refractivity contribution in [3.05, 3.63) is 0 Å². The molecule has 1 atom stereocenters. The van der Waals surface area contributed by atoms with Gasteiger partial charge in [0.05, 0.1) is 26.1 Å². The Labute approximate surface area is 70.3 Å². The fraction of sp³-hybridized carbons (Fsp3) is 0.714. The topological polar surface area (TPSA) is 72.8 Å². The third kappa shape index (κ3) is 3.92. The number of carbonyl (C=O) groups excluding carboxylic acids is 1. The molecule has 0 aliphatic carbocycles. The summed E-state index contributed by atoms with van der Waals surface area (Å²) in [5.74, 6) is -2.41. The summed E-state index contributed by atoms with van der Waals surface area (Å²) in [6.45, 7) is 0.0183. The molecule has 5 nitrogen and oxygen atoms in total. The molecular weight excluding hydrogens is 164 g/mol. The third-order valence-corrected chi connectivity index (χ3v) is 1.36. The Hall–Kier alpha value is -1.10. The van der Waals surface area contributed by atoms with E-state index in [0.717, 1.165) is 0 Å². The van der Waals surface area contributed by atoms with Gasteiger partial charge in [-0.1, -0.05) is 0 Å². The number of hydrogen-bond donors (Lipinski definition) is 1. The lowest BCUT2D eigenvalue weighted by Gasteiger charge is -2.08. The Balaban J connectivity index is 3.95. The fourth-order valence-electron chi connectivity index (χ4n) is 0.703. The maximum atomic E-state index is 10.7. The first-order valence-electron chi connectivity index (χ1n) is 3.40. The summed E-state index contributed by atoms with van der Waals surface area (Å²) >= 11 is 0. The second kappa shape index (κ2) is 5.54. The summed E-state index contributed by atoms with van der Waals surface area (Å²) in [5.41, 5.74) is 0. The predicted octanol–water partition coefficient (Wildman–Crippen LogP) is -0.103. The van der Waals surface area contributed by atoms with Crippen molar-refractivity contribution in [1.82, 2.24) is 0 Å². The smallest absolute Gasteiger partial charge is 0.309 e. The Kier molecular flexibility index (Phi) is 5.03. The first-order chi connectivity index (χ1) is 5.61. The second-order valence-corrected chi connectivity index (χ2v) is 2.27. The van der Waals surface area contributed by atoms with Gasteiger partial charge in [0.25, 0.3) is 0 Å². The third-order valence-electron chi connectivity index (χ3n) is 1.36. The Bertz CT molecular complexity index is 163. The summed E-state index contributed by atoms with van der Waals surface area (Å²) in [6.07, 6.45) is -0.153. The molecule has 0 rings (SSSR count). The molecule has 0 aromatic carbocycles. The maximum Gasteiger partial charge on any atom is 0.309 e. The molecule has 0 aromatic rings. The van der Waals surface area contributed by atoms with Gasteiger partial charge in [-0.3, -0.25) is 9.59 Å². The van der Waals surface area contributed by atoms with Crippen LogP contribution in [0.2, 0.25) is 0 Å². The van der Waals surface area contributed by atoms with Gasteiger partial charge in [-0.15, -0.1) is 0 Å². The number of rotatable bonds is 5. The summed E-state index contributed by atoms with van der Waals surface area (Å²) in [6, 6.07) is 0. The van der Waals surface area contributed by atoms with Gasteiger partial charge in [0.2, 0.25) is 0 Å². The van der Waals surface area contributed by atoms with E-state index in [0.29, 0.717) is 0 Å². The van der Waals surface area contributed by atoms with Gasteiger partial charge in [0.15, 0.2) is 0 Å². The van der Waals surface area contributed by atoms with Crippen LogP contribution in [0.5, 0.6) is 0 Å². The maximum absolute atomic E-state index is 10.7. The molecule has 0 amide bonds.